The molecule has 6 nitrogen and oxygen atoms in total. The van der Waals surface area contributed by atoms with Crippen LogP contribution in [0.25, 0.3) is 22.3 Å². The second-order valence-electron chi connectivity index (χ2n) is 7.93. The van der Waals surface area contributed by atoms with E-state index in [9.17, 15) is 4.79 Å². The van der Waals surface area contributed by atoms with E-state index in [-0.39, 0.29) is 11.9 Å². The van der Waals surface area contributed by atoms with Crippen LogP contribution in [0.2, 0.25) is 0 Å². The first kappa shape index (κ1) is 20.6. The van der Waals surface area contributed by atoms with Gasteiger partial charge < -0.3 is 5.32 Å². The molecular formula is C27H23N5O. The van der Waals surface area contributed by atoms with Crippen molar-refractivity contribution in [2.24, 2.45) is 0 Å². The summed E-state index contributed by atoms with van der Waals surface area (Å²) in [5.41, 5.74) is 4.97. The number of nitrogens with one attached hydrogen (secondary N) is 1. The van der Waals surface area contributed by atoms with E-state index in [4.69, 9.17) is 4.98 Å². The highest BCUT2D eigenvalue weighted by Crippen LogP contribution is 2.26. The molecule has 3 aromatic heterocycles. The highest BCUT2D eigenvalue weighted by Gasteiger charge is 2.19. The van der Waals surface area contributed by atoms with Crippen LogP contribution in [0.5, 0.6) is 0 Å². The summed E-state index contributed by atoms with van der Waals surface area (Å²) in [6.07, 6.45) is 5.21. The third kappa shape index (κ3) is 4.36. The molecule has 1 N–H and O–H groups in total. The van der Waals surface area contributed by atoms with Gasteiger partial charge in [0.25, 0.3) is 5.91 Å². The van der Waals surface area contributed by atoms with E-state index < -0.39 is 0 Å². The second kappa shape index (κ2) is 9.04. The molecule has 0 aliphatic carbocycles. The average Bonchev–Trinajstić information content (AvgIpc) is 3.27. The fraction of sp³-hybridized carbons (Fsp3) is 0.111. The zero-order chi connectivity index (χ0) is 22.6. The number of pyridine rings is 2. The number of nitrogens with zero attached hydrogens (tertiary/aromatic N) is 4. The summed E-state index contributed by atoms with van der Waals surface area (Å²) >= 11 is 0. The predicted molar refractivity (Wildman–Crippen MR) is 129 cm³/mol. The fourth-order valence-electron chi connectivity index (χ4n) is 3.85. The summed E-state index contributed by atoms with van der Waals surface area (Å²) in [5.74, 6) is -0.171. The van der Waals surface area contributed by atoms with Crippen LogP contribution in [0.15, 0.2) is 97.5 Å². The molecule has 0 saturated heterocycles. The van der Waals surface area contributed by atoms with Gasteiger partial charge in [0.2, 0.25) is 0 Å². The summed E-state index contributed by atoms with van der Waals surface area (Å²) in [5, 5.41) is 8.39. The van der Waals surface area contributed by atoms with Crippen molar-refractivity contribution in [1.82, 2.24) is 25.1 Å². The molecule has 0 bridgehead atoms. The van der Waals surface area contributed by atoms with Crippen LogP contribution in [0.1, 0.15) is 34.5 Å². The van der Waals surface area contributed by atoms with Crippen LogP contribution in [-0.2, 0) is 6.54 Å². The Labute approximate surface area is 192 Å². The molecule has 33 heavy (non-hydrogen) atoms. The lowest BCUT2D eigenvalue weighted by molar-refractivity contribution is 0.0941. The minimum atomic E-state index is -0.186. The maximum atomic E-state index is 13.4. The normalized spacial score (nSPS) is 11.9. The van der Waals surface area contributed by atoms with E-state index in [2.05, 4.69) is 27.5 Å². The lowest BCUT2D eigenvalue weighted by atomic mass is 10.1. The van der Waals surface area contributed by atoms with Gasteiger partial charge in [0.1, 0.15) is 0 Å². The van der Waals surface area contributed by atoms with Crippen molar-refractivity contribution in [3.05, 3.63) is 114 Å². The Morgan fingerprint density at radius 3 is 2.45 bits per heavy atom. The topological polar surface area (TPSA) is 72.7 Å². The van der Waals surface area contributed by atoms with Gasteiger partial charge in [0.05, 0.1) is 35.4 Å². The van der Waals surface area contributed by atoms with Crippen molar-refractivity contribution in [1.29, 1.82) is 0 Å². The van der Waals surface area contributed by atoms with E-state index in [0.29, 0.717) is 17.8 Å². The van der Waals surface area contributed by atoms with Crippen molar-refractivity contribution >= 4 is 16.9 Å². The zero-order valence-electron chi connectivity index (χ0n) is 18.2. The number of fused-ring (bicyclic) bond motifs is 1. The molecule has 2 aromatic carbocycles. The second-order valence-corrected chi connectivity index (χ2v) is 7.93. The number of benzene rings is 2. The first-order valence-electron chi connectivity index (χ1n) is 10.9. The molecule has 1 atom stereocenters. The van der Waals surface area contributed by atoms with Crippen molar-refractivity contribution in [2.45, 2.75) is 19.5 Å². The molecule has 0 radical (unpaired) electrons. The predicted octanol–water partition coefficient (Wildman–Crippen LogP) is 5.03. The molecule has 0 aliphatic rings. The van der Waals surface area contributed by atoms with Crippen LogP contribution >= 0.6 is 0 Å². The number of aromatic nitrogens is 4. The van der Waals surface area contributed by atoms with Gasteiger partial charge in [0, 0.05) is 18.0 Å². The molecule has 0 saturated carbocycles. The van der Waals surface area contributed by atoms with Crippen molar-refractivity contribution in [3.8, 4) is 11.3 Å². The molecule has 1 amide bonds. The van der Waals surface area contributed by atoms with Gasteiger partial charge in [-0.3, -0.25) is 9.78 Å². The largest absolute Gasteiger partial charge is 0.345 e. The van der Waals surface area contributed by atoms with Crippen molar-refractivity contribution < 1.29 is 4.79 Å². The quantitative estimate of drug-likeness (QED) is 0.408. The lowest BCUT2D eigenvalue weighted by Gasteiger charge is -2.15. The maximum absolute atomic E-state index is 13.4. The maximum Gasteiger partial charge on any atom is 0.252 e. The fourth-order valence-corrected chi connectivity index (χ4v) is 3.85. The lowest BCUT2D eigenvalue weighted by Crippen LogP contribution is -2.27. The molecule has 3 heterocycles. The van der Waals surface area contributed by atoms with E-state index >= 15 is 0 Å². The van der Waals surface area contributed by atoms with E-state index in [1.165, 1.54) is 0 Å². The number of hydrogen-bond donors (Lipinski definition) is 1. The van der Waals surface area contributed by atoms with Gasteiger partial charge in [-0.25, -0.2) is 9.67 Å². The molecule has 0 fully saturated rings. The molecule has 5 rings (SSSR count). The summed E-state index contributed by atoms with van der Waals surface area (Å²) < 4.78 is 1.85. The number of rotatable bonds is 6. The highest BCUT2D eigenvalue weighted by atomic mass is 16.1. The molecule has 162 valence electrons. The van der Waals surface area contributed by atoms with Crippen LogP contribution in [0.3, 0.4) is 0 Å². The third-order valence-electron chi connectivity index (χ3n) is 5.63. The summed E-state index contributed by atoms with van der Waals surface area (Å²) in [4.78, 5) is 22.4. The van der Waals surface area contributed by atoms with Crippen molar-refractivity contribution in [3.63, 3.8) is 0 Å². The molecule has 0 aliphatic heterocycles. The summed E-state index contributed by atoms with van der Waals surface area (Å²) in [6.45, 7) is 2.52. The van der Waals surface area contributed by atoms with E-state index in [0.717, 1.165) is 27.8 Å². The van der Waals surface area contributed by atoms with Crippen LogP contribution < -0.4 is 5.32 Å². The minimum absolute atomic E-state index is 0.171. The zero-order valence-corrected chi connectivity index (χ0v) is 18.2. The Bertz CT molecular complexity index is 1380. The first-order valence-corrected chi connectivity index (χ1v) is 10.9. The molecule has 0 spiro atoms. The molecule has 1 unspecified atom stereocenters. The van der Waals surface area contributed by atoms with Crippen LogP contribution in [0.4, 0.5) is 0 Å². The standard InChI is InChI=1S/C27H23N5O/c1-19(22-13-8-14-28-16-22)30-27(33)23-15-25(21-11-6-3-7-12-21)31-26-24(23)17-29-32(26)18-20-9-4-2-5-10-20/h2-17,19H,18H2,1H3,(H,30,33). The smallest absolute Gasteiger partial charge is 0.252 e. The van der Waals surface area contributed by atoms with Crippen LogP contribution in [0, 0.1) is 0 Å². The monoisotopic (exact) mass is 433 g/mol. The summed E-state index contributed by atoms with van der Waals surface area (Å²) in [6, 6.07) is 25.5. The van der Waals surface area contributed by atoms with Gasteiger partial charge in [-0.05, 0) is 30.2 Å². The number of amides is 1. The Kier molecular flexibility index (Phi) is 5.64. The van der Waals surface area contributed by atoms with Gasteiger partial charge in [-0.2, -0.15) is 5.10 Å². The van der Waals surface area contributed by atoms with Crippen LogP contribution in [-0.4, -0.2) is 25.7 Å². The van der Waals surface area contributed by atoms with E-state index in [1.54, 1.807) is 18.6 Å². The number of carbonyl (C=O) groups is 1. The Balaban J connectivity index is 1.57. The SMILES string of the molecule is CC(NC(=O)c1cc(-c2ccccc2)nc2c1cnn2Cc1ccccc1)c1cccnc1. The Morgan fingerprint density at radius 2 is 1.73 bits per heavy atom. The molecule has 5 aromatic rings. The summed E-state index contributed by atoms with van der Waals surface area (Å²) in [7, 11) is 0. The third-order valence-corrected chi connectivity index (χ3v) is 5.63. The van der Waals surface area contributed by atoms with Gasteiger partial charge in [-0.1, -0.05) is 66.7 Å². The Hall–Kier alpha value is -4.32. The highest BCUT2D eigenvalue weighted by molar-refractivity contribution is 6.06. The first-order chi connectivity index (χ1) is 16.2. The molecule has 6 heteroatoms. The minimum Gasteiger partial charge on any atom is -0.345 e. The Morgan fingerprint density at radius 1 is 0.970 bits per heavy atom. The number of carbonyl (C=O) groups excluding carboxylic acids is 1. The van der Waals surface area contributed by atoms with E-state index in [1.807, 2.05) is 78.3 Å². The van der Waals surface area contributed by atoms with Crippen molar-refractivity contribution in [2.75, 3.05) is 0 Å². The van der Waals surface area contributed by atoms with Gasteiger partial charge >= 0.3 is 0 Å². The van der Waals surface area contributed by atoms with Gasteiger partial charge in [0.15, 0.2) is 5.65 Å². The molecular weight excluding hydrogens is 410 g/mol. The number of hydrogen-bond acceptors (Lipinski definition) is 4. The van der Waals surface area contributed by atoms with Gasteiger partial charge in [-0.15, -0.1) is 0 Å². The average molecular weight is 434 g/mol.